The largest absolute Gasteiger partial charge is 0.454 e. The van der Waals surface area contributed by atoms with E-state index in [2.05, 4.69) is 0 Å². The fourth-order valence-corrected chi connectivity index (χ4v) is 3.83. The Kier molecular flexibility index (Phi) is 4.32. The zero-order chi connectivity index (χ0) is 18.1. The number of β-amino-alcohol motifs (C(OH)–C–C–N with tert-alkyl or cyclic N) is 1. The van der Waals surface area contributed by atoms with Crippen LogP contribution in [0.25, 0.3) is 0 Å². The zero-order valence-corrected chi connectivity index (χ0v) is 14.9. The van der Waals surface area contributed by atoms with Gasteiger partial charge in [-0.15, -0.1) is 0 Å². The molecule has 0 radical (unpaired) electrons. The van der Waals surface area contributed by atoms with E-state index >= 15 is 0 Å². The Morgan fingerprint density at radius 3 is 2.85 bits per heavy atom. The summed E-state index contributed by atoms with van der Waals surface area (Å²) < 4.78 is 10.7. The number of hydrogen-bond donors (Lipinski definition) is 1. The number of aliphatic hydroxyl groups is 1. The maximum atomic E-state index is 12.6. The second kappa shape index (κ2) is 6.65. The summed E-state index contributed by atoms with van der Waals surface area (Å²) in [7, 11) is 0. The third-order valence-electron chi connectivity index (χ3n) is 5.31. The summed E-state index contributed by atoms with van der Waals surface area (Å²) in [5.74, 6) is 1.57. The van der Waals surface area contributed by atoms with Crippen molar-refractivity contribution in [2.75, 3.05) is 19.9 Å². The predicted octanol–water partition coefficient (Wildman–Crippen LogP) is 2.78. The zero-order valence-electron chi connectivity index (χ0n) is 14.9. The number of likely N-dealkylation sites (tertiary alicyclic amines) is 1. The molecule has 0 unspecified atom stereocenters. The van der Waals surface area contributed by atoms with Gasteiger partial charge in [-0.05, 0) is 48.6 Å². The molecule has 5 nitrogen and oxygen atoms in total. The highest BCUT2D eigenvalue weighted by molar-refractivity contribution is 5.77. The van der Waals surface area contributed by atoms with Crippen LogP contribution in [0, 0.1) is 6.92 Å². The maximum absolute atomic E-state index is 12.6. The van der Waals surface area contributed by atoms with Crippen LogP contribution in [0.2, 0.25) is 0 Å². The number of fused-ring (bicyclic) bond motifs is 1. The average molecular weight is 353 g/mol. The molecule has 2 aliphatic heterocycles. The Bertz CT molecular complexity index is 835. The molecule has 0 saturated carbocycles. The van der Waals surface area contributed by atoms with E-state index in [-0.39, 0.29) is 12.7 Å². The lowest BCUT2D eigenvalue weighted by molar-refractivity contribution is -0.131. The smallest absolute Gasteiger partial charge is 0.231 e. The van der Waals surface area contributed by atoms with E-state index < -0.39 is 5.60 Å². The van der Waals surface area contributed by atoms with E-state index in [9.17, 15) is 9.90 Å². The van der Waals surface area contributed by atoms with E-state index in [4.69, 9.17) is 9.47 Å². The van der Waals surface area contributed by atoms with E-state index in [0.717, 1.165) is 28.2 Å². The first-order valence-electron chi connectivity index (χ1n) is 9.00. The van der Waals surface area contributed by atoms with Crippen molar-refractivity contribution in [3.63, 3.8) is 0 Å². The average Bonchev–Trinajstić information content (AvgIpc) is 3.27. The fourth-order valence-electron chi connectivity index (χ4n) is 3.83. The molecular weight excluding hydrogens is 330 g/mol. The maximum Gasteiger partial charge on any atom is 0.231 e. The van der Waals surface area contributed by atoms with Crippen molar-refractivity contribution in [1.29, 1.82) is 0 Å². The lowest BCUT2D eigenvalue weighted by atomic mass is 9.89. The summed E-state index contributed by atoms with van der Waals surface area (Å²) in [6, 6.07) is 13.6. The first-order chi connectivity index (χ1) is 12.5. The van der Waals surface area contributed by atoms with Crippen LogP contribution < -0.4 is 9.47 Å². The van der Waals surface area contributed by atoms with Crippen LogP contribution >= 0.6 is 0 Å². The van der Waals surface area contributed by atoms with E-state index in [1.54, 1.807) is 4.90 Å². The van der Waals surface area contributed by atoms with Gasteiger partial charge in [-0.2, -0.15) is 0 Å². The number of aryl methyl sites for hydroxylation is 2. The first kappa shape index (κ1) is 16.9. The summed E-state index contributed by atoms with van der Waals surface area (Å²) in [6.45, 7) is 3.20. The highest BCUT2D eigenvalue weighted by atomic mass is 16.7. The summed E-state index contributed by atoms with van der Waals surface area (Å²) in [4.78, 5) is 14.4. The number of hydrogen-bond acceptors (Lipinski definition) is 4. The Morgan fingerprint density at radius 2 is 2.00 bits per heavy atom. The minimum absolute atomic E-state index is 0.0761. The molecule has 1 N–H and O–H groups in total. The third kappa shape index (κ3) is 3.15. The van der Waals surface area contributed by atoms with Crippen LogP contribution in [0.1, 0.15) is 29.5 Å². The minimum atomic E-state index is -0.945. The molecular formula is C21H23NO4. The molecule has 0 bridgehead atoms. The molecule has 4 rings (SSSR count). The normalized spacial score (nSPS) is 21.2. The van der Waals surface area contributed by atoms with Gasteiger partial charge in [0.2, 0.25) is 12.7 Å². The van der Waals surface area contributed by atoms with Gasteiger partial charge in [-0.1, -0.05) is 30.3 Å². The molecule has 5 heteroatoms. The van der Waals surface area contributed by atoms with E-state index in [0.29, 0.717) is 32.4 Å². The van der Waals surface area contributed by atoms with E-state index in [1.807, 2.05) is 49.4 Å². The Labute approximate surface area is 153 Å². The van der Waals surface area contributed by atoms with E-state index in [1.165, 1.54) is 0 Å². The number of benzene rings is 2. The van der Waals surface area contributed by atoms with Gasteiger partial charge in [0.25, 0.3) is 0 Å². The van der Waals surface area contributed by atoms with Crippen LogP contribution in [0.3, 0.4) is 0 Å². The molecule has 2 heterocycles. The summed E-state index contributed by atoms with van der Waals surface area (Å²) in [5, 5.41) is 11.0. The van der Waals surface area contributed by atoms with Gasteiger partial charge in [0, 0.05) is 13.0 Å². The van der Waals surface area contributed by atoms with Gasteiger partial charge in [-0.25, -0.2) is 0 Å². The molecule has 0 spiro atoms. The Morgan fingerprint density at radius 1 is 1.19 bits per heavy atom. The van der Waals surface area contributed by atoms with Crippen molar-refractivity contribution in [3.05, 3.63) is 59.2 Å². The summed E-state index contributed by atoms with van der Waals surface area (Å²) in [5.41, 5.74) is 2.09. The van der Waals surface area contributed by atoms with Crippen LogP contribution in [-0.4, -0.2) is 35.8 Å². The summed E-state index contributed by atoms with van der Waals surface area (Å²) in [6.07, 6.45) is 1.64. The molecule has 0 aromatic heterocycles. The Hall–Kier alpha value is -2.53. The fraction of sp³-hybridized carbons (Fsp3) is 0.381. The monoisotopic (exact) mass is 353 g/mol. The van der Waals surface area contributed by atoms with Gasteiger partial charge < -0.3 is 19.5 Å². The number of carbonyl (C=O) groups excluding carboxylic acids is 1. The number of ether oxygens (including phenoxy) is 2. The predicted molar refractivity (Wildman–Crippen MR) is 97.2 cm³/mol. The van der Waals surface area contributed by atoms with Gasteiger partial charge in [0.15, 0.2) is 11.5 Å². The van der Waals surface area contributed by atoms with Crippen molar-refractivity contribution in [2.45, 2.75) is 31.8 Å². The Balaban J connectivity index is 1.38. The molecule has 0 aliphatic carbocycles. The molecule has 26 heavy (non-hydrogen) atoms. The summed E-state index contributed by atoms with van der Waals surface area (Å²) >= 11 is 0. The molecule has 2 aromatic carbocycles. The second-order valence-corrected chi connectivity index (χ2v) is 7.10. The van der Waals surface area contributed by atoms with Crippen molar-refractivity contribution in [1.82, 2.24) is 4.90 Å². The molecule has 2 aromatic rings. The first-order valence-corrected chi connectivity index (χ1v) is 9.00. The molecule has 1 atom stereocenters. The van der Waals surface area contributed by atoms with Crippen LogP contribution in [0.15, 0.2) is 42.5 Å². The molecule has 1 saturated heterocycles. The van der Waals surface area contributed by atoms with Crippen molar-refractivity contribution in [3.8, 4) is 11.5 Å². The number of carbonyl (C=O) groups is 1. The third-order valence-corrected chi connectivity index (χ3v) is 5.31. The number of amides is 1. The topological polar surface area (TPSA) is 59.0 Å². The SMILES string of the molecule is Cc1ccccc1[C@@]1(O)CCN(C(=O)CCc2ccc3c(c2)OCO3)C1. The van der Waals surface area contributed by atoms with Gasteiger partial charge >= 0.3 is 0 Å². The lowest BCUT2D eigenvalue weighted by Crippen LogP contribution is -2.34. The van der Waals surface area contributed by atoms with Crippen molar-refractivity contribution >= 4 is 5.91 Å². The highest BCUT2D eigenvalue weighted by Gasteiger charge is 2.40. The number of nitrogens with zero attached hydrogens (tertiary/aromatic N) is 1. The van der Waals surface area contributed by atoms with Gasteiger partial charge in [0.05, 0.1) is 6.54 Å². The van der Waals surface area contributed by atoms with Gasteiger partial charge in [0.1, 0.15) is 5.60 Å². The quantitative estimate of drug-likeness (QED) is 0.918. The molecule has 136 valence electrons. The highest BCUT2D eigenvalue weighted by Crippen LogP contribution is 2.35. The van der Waals surface area contributed by atoms with Gasteiger partial charge in [-0.3, -0.25) is 4.79 Å². The second-order valence-electron chi connectivity index (χ2n) is 7.10. The van der Waals surface area contributed by atoms with Crippen LogP contribution in [0.5, 0.6) is 11.5 Å². The van der Waals surface area contributed by atoms with Crippen molar-refractivity contribution in [2.24, 2.45) is 0 Å². The van der Waals surface area contributed by atoms with Crippen molar-refractivity contribution < 1.29 is 19.4 Å². The standard InChI is InChI=1S/C21H23NO4/c1-15-4-2-3-5-17(15)21(24)10-11-22(13-21)20(23)9-7-16-6-8-18-19(12-16)26-14-25-18/h2-6,8,12,24H,7,9-11,13-14H2,1H3/t21-/m1/s1. The van der Waals surface area contributed by atoms with Crippen LogP contribution in [0.4, 0.5) is 0 Å². The minimum Gasteiger partial charge on any atom is -0.454 e. The number of rotatable bonds is 4. The molecule has 2 aliphatic rings. The molecule has 1 amide bonds. The lowest BCUT2D eigenvalue weighted by Gasteiger charge is -2.25. The van der Waals surface area contributed by atoms with Crippen LogP contribution in [-0.2, 0) is 16.8 Å². The molecule has 1 fully saturated rings.